The van der Waals surface area contributed by atoms with E-state index in [2.05, 4.69) is 6.58 Å². The van der Waals surface area contributed by atoms with Crippen LogP contribution < -0.4 is 4.74 Å². The SMILES string of the molecule is C=C(C)/C=C(\C=CC)c1cc(COc2ccccc2CC(=O)OC)cc2cc(CO)oc12. The Morgan fingerprint density at radius 3 is 2.69 bits per heavy atom. The Bertz CT molecular complexity index is 1180. The minimum absolute atomic E-state index is 0.144. The highest BCUT2D eigenvalue weighted by Gasteiger charge is 2.14. The van der Waals surface area contributed by atoms with Gasteiger partial charge >= 0.3 is 5.97 Å². The Balaban J connectivity index is 2.00. The zero-order valence-electron chi connectivity index (χ0n) is 18.7. The fourth-order valence-corrected chi connectivity index (χ4v) is 3.48. The van der Waals surface area contributed by atoms with E-state index in [-0.39, 0.29) is 19.0 Å². The molecule has 0 aliphatic heterocycles. The number of fused-ring (bicyclic) bond motifs is 1. The summed E-state index contributed by atoms with van der Waals surface area (Å²) in [6.45, 7) is 8.02. The molecular weight excluding hydrogens is 404 g/mol. The molecule has 1 aromatic heterocycles. The Kier molecular flexibility index (Phi) is 7.68. The van der Waals surface area contributed by atoms with E-state index in [1.165, 1.54) is 7.11 Å². The normalized spacial score (nSPS) is 11.8. The number of aliphatic hydroxyl groups excluding tert-OH is 1. The van der Waals surface area contributed by atoms with Crippen LogP contribution >= 0.6 is 0 Å². The molecule has 1 N–H and O–H groups in total. The quantitative estimate of drug-likeness (QED) is 0.344. The number of hydrogen-bond acceptors (Lipinski definition) is 5. The van der Waals surface area contributed by atoms with Crippen molar-refractivity contribution in [3.05, 3.63) is 95.3 Å². The number of allylic oxidation sites excluding steroid dienone is 5. The Labute approximate surface area is 188 Å². The number of aliphatic hydroxyl groups is 1. The first-order valence-electron chi connectivity index (χ1n) is 10.4. The number of rotatable bonds is 9. The molecule has 1 heterocycles. The van der Waals surface area contributed by atoms with Crippen molar-refractivity contribution in [2.45, 2.75) is 33.5 Å². The number of ether oxygens (including phenoxy) is 2. The number of carbonyl (C=O) groups is 1. The summed E-state index contributed by atoms with van der Waals surface area (Å²) in [5.74, 6) is 0.812. The van der Waals surface area contributed by atoms with Gasteiger partial charge in [-0.25, -0.2) is 0 Å². The third kappa shape index (κ3) is 5.56. The fraction of sp³-hybridized carbons (Fsp3) is 0.222. The molecule has 166 valence electrons. The lowest BCUT2D eigenvalue weighted by Gasteiger charge is -2.13. The van der Waals surface area contributed by atoms with E-state index in [4.69, 9.17) is 13.9 Å². The summed E-state index contributed by atoms with van der Waals surface area (Å²) in [6.07, 6.45) is 6.10. The molecule has 0 amide bonds. The summed E-state index contributed by atoms with van der Waals surface area (Å²) in [4.78, 5) is 11.7. The number of methoxy groups -OCH3 is 1. The van der Waals surface area contributed by atoms with Gasteiger partial charge in [-0.3, -0.25) is 4.79 Å². The Hall–Kier alpha value is -3.57. The van der Waals surface area contributed by atoms with E-state index in [1.54, 1.807) is 0 Å². The predicted molar refractivity (Wildman–Crippen MR) is 126 cm³/mol. The van der Waals surface area contributed by atoms with Crippen LogP contribution in [-0.4, -0.2) is 18.2 Å². The van der Waals surface area contributed by atoms with Crippen LogP contribution in [0.5, 0.6) is 5.75 Å². The van der Waals surface area contributed by atoms with Gasteiger partial charge in [0.15, 0.2) is 0 Å². The fourth-order valence-electron chi connectivity index (χ4n) is 3.48. The van der Waals surface area contributed by atoms with E-state index in [9.17, 15) is 9.90 Å². The van der Waals surface area contributed by atoms with E-state index in [0.29, 0.717) is 23.7 Å². The highest BCUT2D eigenvalue weighted by molar-refractivity contribution is 5.94. The second-order valence-corrected chi connectivity index (χ2v) is 7.53. The molecule has 0 aliphatic carbocycles. The van der Waals surface area contributed by atoms with Gasteiger partial charge < -0.3 is 19.0 Å². The van der Waals surface area contributed by atoms with Crippen molar-refractivity contribution in [1.29, 1.82) is 0 Å². The van der Waals surface area contributed by atoms with Gasteiger partial charge in [-0.05, 0) is 49.2 Å². The number of benzene rings is 2. The number of para-hydroxylation sites is 1. The lowest BCUT2D eigenvalue weighted by atomic mass is 9.98. The lowest BCUT2D eigenvalue weighted by molar-refractivity contribution is -0.139. The Morgan fingerprint density at radius 2 is 2.00 bits per heavy atom. The zero-order chi connectivity index (χ0) is 23.1. The maximum absolute atomic E-state index is 11.7. The molecule has 32 heavy (non-hydrogen) atoms. The third-order valence-corrected chi connectivity index (χ3v) is 4.87. The van der Waals surface area contributed by atoms with E-state index in [1.807, 2.05) is 74.5 Å². The number of carbonyl (C=O) groups excluding carboxylic acids is 1. The van der Waals surface area contributed by atoms with Crippen LogP contribution in [0.4, 0.5) is 0 Å². The van der Waals surface area contributed by atoms with Gasteiger partial charge in [0.2, 0.25) is 0 Å². The van der Waals surface area contributed by atoms with Crippen molar-refractivity contribution in [3.63, 3.8) is 0 Å². The summed E-state index contributed by atoms with van der Waals surface area (Å²) in [5.41, 5.74) is 5.17. The van der Waals surface area contributed by atoms with Crippen LogP contribution in [0.15, 0.2) is 77.3 Å². The molecule has 3 aromatic rings. The molecule has 0 atom stereocenters. The van der Waals surface area contributed by atoms with Crippen molar-refractivity contribution >= 4 is 22.5 Å². The largest absolute Gasteiger partial charge is 0.489 e. The molecule has 0 aliphatic rings. The molecule has 2 aromatic carbocycles. The minimum atomic E-state index is -0.319. The molecule has 0 spiro atoms. The van der Waals surface area contributed by atoms with Gasteiger partial charge in [0.05, 0.1) is 13.5 Å². The first-order chi connectivity index (χ1) is 15.4. The minimum Gasteiger partial charge on any atom is -0.489 e. The van der Waals surface area contributed by atoms with Gasteiger partial charge in [-0.1, -0.05) is 48.6 Å². The molecule has 0 fully saturated rings. The molecular formula is C27H28O5. The molecule has 5 heteroatoms. The maximum atomic E-state index is 11.7. The standard InChI is InChI=1S/C27H28O5/c1-5-8-20(11-18(2)3)24-13-19(12-22-14-23(16-28)32-27(22)24)17-31-25-10-7-6-9-21(25)15-26(29)30-4/h5-14,28H,2,15-17H2,1,3-4H3/b8-5?,20-11+. The topological polar surface area (TPSA) is 68.9 Å². The average Bonchev–Trinajstić information content (AvgIpc) is 3.20. The number of furan rings is 1. The van der Waals surface area contributed by atoms with Gasteiger partial charge in [0.1, 0.15) is 30.3 Å². The zero-order valence-corrected chi connectivity index (χ0v) is 18.7. The van der Waals surface area contributed by atoms with Crippen LogP contribution in [-0.2, 0) is 29.2 Å². The summed E-state index contributed by atoms with van der Waals surface area (Å²) < 4.78 is 16.8. The van der Waals surface area contributed by atoms with Crippen LogP contribution in [0, 0.1) is 0 Å². The second kappa shape index (κ2) is 10.6. The van der Waals surface area contributed by atoms with Crippen LogP contribution in [0.3, 0.4) is 0 Å². The van der Waals surface area contributed by atoms with Crippen molar-refractivity contribution in [3.8, 4) is 5.75 Å². The van der Waals surface area contributed by atoms with Crippen LogP contribution in [0.1, 0.15) is 36.3 Å². The molecule has 0 saturated heterocycles. The Morgan fingerprint density at radius 1 is 1.22 bits per heavy atom. The second-order valence-electron chi connectivity index (χ2n) is 7.53. The van der Waals surface area contributed by atoms with E-state index >= 15 is 0 Å². The lowest BCUT2D eigenvalue weighted by Crippen LogP contribution is -2.07. The van der Waals surface area contributed by atoms with Crippen molar-refractivity contribution in [2.75, 3.05) is 7.11 Å². The monoisotopic (exact) mass is 432 g/mol. The smallest absolute Gasteiger partial charge is 0.310 e. The first-order valence-corrected chi connectivity index (χ1v) is 10.4. The highest BCUT2D eigenvalue weighted by atomic mass is 16.5. The molecule has 0 radical (unpaired) electrons. The molecule has 5 nitrogen and oxygen atoms in total. The van der Waals surface area contributed by atoms with Gasteiger partial charge in [0.25, 0.3) is 0 Å². The van der Waals surface area contributed by atoms with E-state index in [0.717, 1.165) is 33.2 Å². The molecule has 3 rings (SSSR count). The third-order valence-electron chi connectivity index (χ3n) is 4.87. The van der Waals surface area contributed by atoms with Crippen molar-refractivity contribution < 1.29 is 23.8 Å². The summed E-state index contributed by atoms with van der Waals surface area (Å²) in [7, 11) is 1.37. The van der Waals surface area contributed by atoms with Gasteiger partial charge in [0, 0.05) is 16.5 Å². The number of esters is 1. The summed E-state index contributed by atoms with van der Waals surface area (Å²) in [6, 6.07) is 13.3. The molecule has 0 saturated carbocycles. The van der Waals surface area contributed by atoms with Crippen LogP contribution in [0.25, 0.3) is 16.5 Å². The predicted octanol–water partition coefficient (Wildman–Crippen LogP) is 5.76. The molecule has 0 bridgehead atoms. The average molecular weight is 433 g/mol. The maximum Gasteiger partial charge on any atom is 0.310 e. The number of hydrogen-bond donors (Lipinski definition) is 1. The molecule has 0 unspecified atom stereocenters. The van der Waals surface area contributed by atoms with E-state index < -0.39 is 0 Å². The summed E-state index contributed by atoms with van der Waals surface area (Å²) in [5, 5.41) is 10.4. The van der Waals surface area contributed by atoms with Crippen molar-refractivity contribution in [1.82, 2.24) is 0 Å². The van der Waals surface area contributed by atoms with Gasteiger partial charge in [-0.2, -0.15) is 0 Å². The van der Waals surface area contributed by atoms with Gasteiger partial charge in [-0.15, -0.1) is 0 Å². The van der Waals surface area contributed by atoms with Crippen LogP contribution in [0.2, 0.25) is 0 Å². The first kappa shape index (κ1) is 23.1. The highest BCUT2D eigenvalue weighted by Crippen LogP contribution is 2.32. The van der Waals surface area contributed by atoms with Crippen molar-refractivity contribution in [2.24, 2.45) is 0 Å². The summed E-state index contributed by atoms with van der Waals surface area (Å²) >= 11 is 0.